The van der Waals surface area contributed by atoms with Crippen molar-refractivity contribution in [3.8, 4) is 11.3 Å². The number of rotatable bonds is 6. The topological polar surface area (TPSA) is 63.3 Å². The maximum atomic E-state index is 12.6. The highest BCUT2D eigenvalue weighted by atomic mass is 35.5. The number of likely N-dealkylation sites (N-methyl/N-ethyl adjacent to an activating group) is 1. The van der Waals surface area contributed by atoms with Crippen molar-refractivity contribution in [2.45, 2.75) is 26.3 Å². The number of hydrogen-bond acceptors (Lipinski definition) is 4. The zero-order valence-corrected chi connectivity index (χ0v) is 17.7. The predicted molar refractivity (Wildman–Crippen MR) is 114 cm³/mol. The van der Waals surface area contributed by atoms with Crippen molar-refractivity contribution in [1.82, 2.24) is 20.0 Å². The minimum absolute atomic E-state index is 0.171. The summed E-state index contributed by atoms with van der Waals surface area (Å²) < 4.78 is 7.88. The number of amides is 1. The Kier molecular flexibility index (Phi) is 5.48. The molecule has 0 fully saturated rings. The molecule has 2 aromatic heterocycles. The van der Waals surface area contributed by atoms with Crippen molar-refractivity contribution >= 4 is 17.5 Å². The van der Waals surface area contributed by atoms with Crippen LogP contribution in [0.3, 0.4) is 0 Å². The number of benzene rings is 1. The first kappa shape index (κ1) is 19.7. The third-order valence-electron chi connectivity index (χ3n) is 5.26. The van der Waals surface area contributed by atoms with Gasteiger partial charge in [0.25, 0.3) is 5.91 Å². The SMILES string of the molecule is Cc1c(C(=O)NCCN(C)C)oc2c1-c1nn(Cc3ccccc3Cl)cc1CC2. The number of carbonyl (C=O) groups is 1. The lowest BCUT2D eigenvalue weighted by Gasteiger charge is -2.09. The number of aryl methyl sites for hydroxylation is 2. The number of fused-ring (bicyclic) bond motifs is 3. The molecule has 0 aliphatic heterocycles. The third-order valence-corrected chi connectivity index (χ3v) is 5.63. The number of furan rings is 1. The van der Waals surface area contributed by atoms with E-state index in [1.807, 2.05) is 54.9 Å². The molecule has 4 rings (SSSR count). The van der Waals surface area contributed by atoms with E-state index in [1.165, 1.54) is 5.56 Å². The molecule has 6 nitrogen and oxygen atoms in total. The molecule has 1 amide bonds. The molecular weight excluding hydrogens is 388 g/mol. The van der Waals surface area contributed by atoms with E-state index in [1.54, 1.807) is 0 Å². The fourth-order valence-corrected chi connectivity index (χ4v) is 3.93. The molecule has 29 heavy (non-hydrogen) atoms. The molecule has 0 atom stereocenters. The summed E-state index contributed by atoms with van der Waals surface area (Å²) in [6.45, 7) is 3.90. The molecule has 0 radical (unpaired) electrons. The summed E-state index contributed by atoms with van der Waals surface area (Å²) in [5, 5.41) is 8.47. The van der Waals surface area contributed by atoms with Crippen LogP contribution >= 0.6 is 11.6 Å². The highest BCUT2D eigenvalue weighted by Gasteiger charge is 2.29. The fourth-order valence-electron chi connectivity index (χ4n) is 3.74. The molecule has 0 saturated carbocycles. The zero-order valence-electron chi connectivity index (χ0n) is 17.0. The number of hydrogen-bond donors (Lipinski definition) is 1. The molecular formula is C22H25ClN4O2. The Morgan fingerprint density at radius 2 is 2.10 bits per heavy atom. The average molecular weight is 413 g/mol. The Balaban J connectivity index is 1.60. The van der Waals surface area contributed by atoms with Crippen LogP contribution in [-0.4, -0.2) is 47.8 Å². The van der Waals surface area contributed by atoms with Gasteiger partial charge in [-0.2, -0.15) is 5.10 Å². The number of carbonyl (C=O) groups excluding carboxylic acids is 1. The molecule has 1 N–H and O–H groups in total. The first-order valence-corrected chi connectivity index (χ1v) is 10.2. The molecule has 1 aliphatic carbocycles. The van der Waals surface area contributed by atoms with E-state index in [2.05, 4.69) is 11.5 Å². The van der Waals surface area contributed by atoms with E-state index in [0.717, 1.165) is 52.6 Å². The van der Waals surface area contributed by atoms with Gasteiger partial charge in [0, 0.05) is 41.9 Å². The first-order valence-electron chi connectivity index (χ1n) is 9.79. The van der Waals surface area contributed by atoms with E-state index in [9.17, 15) is 4.79 Å². The maximum Gasteiger partial charge on any atom is 0.287 e. The number of nitrogens with zero attached hydrogens (tertiary/aromatic N) is 3. The van der Waals surface area contributed by atoms with Crippen LogP contribution in [0, 0.1) is 6.92 Å². The number of halogens is 1. The predicted octanol–water partition coefficient (Wildman–Crippen LogP) is 3.54. The van der Waals surface area contributed by atoms with Crippen molar-refractivity contribution in [3.63, 3.8) is 0 Å². The fraction of sp³-hybridized carbons (Fsp3) is 0.364. The van der Waals surface area contributed by atoms with Gasteiger partial charge in [-0.05, 0) is 44.6 Å². The van der Waals surface area contributed by atoms with Crippen LogP contribution in [0.25, 0.3) is 11.3 Å². The van der Waals surface area contributed by atoms with Crippen LogP contribution in [0.15, 0.2) is 34.9 Å². The third kappa shape index (κ3) is 3.95. The minimum Gasteiger partial charge on any atom is -0.455 e. The summed E-state index contributed by atoms with van der Waals surface area (Å²) in [7, 11) is 3.95. The highest BCUT2D eigenvalue weighted by molar-refractivity contribution is 6.31. The summed E-state index contributed by atoms with van der Waals surface area (Å²) in [5.41, 5.74) is 4.92. The summed E-state index contributed by atoms with van der Waals surface area (Å²) in [6.07, 6.45) is 3.69. The Labute approximate surface area is 175 Å². The lowest BCUT2D eigenvalue weighted by Crippen LogP contribution is -2.31. The van der Waals surface area contributed by atoms with E-state index in [0.29, 0.717) is 18.8 Å². The zero-order chi connectivity index (χ0) is 20.5. The van der Waals surface area contributed by atoms with Crippen LogP contribution in [-0.2, 0) is 19.4 Å². The van der Waals surface area contributed by atoms with Gasteiger partial charge in [0.15, 0.2) is 5.76 Å². The van der Waals surface area contributed by atoms with Crippen molar-refractivity contribution in [2.24, 2.45) is 0 Å². The molecule has 7 heteroatoms. The van der Waals surface area contributed by atoms with Crippen LogP contribution in [0.4, 0.5) is 0 Å². The summed E-state index contributed by atoms with van der Waals surface area (Å²) in [4.78, 5) is 14.6. The Bertz CT molecular complexity index is 1050. The molecule has 0 bridgehead atoms. The highest BCUT2D eigenvalue weighted by Crippen LogP contribution is 2.38. The maximum absolute atomic E-state index is 12.6. The van der Waals surface area contributed by atoms with E-state index < -0.39 is 0 Å². The van der Waals surface area contributed by atoms with Gasteiger partial charge in [0.2, 0.25) is 0 Å². The second-order valence-electron chi connectivity index (χ2n) is 7.71. The molecule has 1 aromatic carbocycles. The first-order chi connectivity index (χ1) is 13.9. The standard InChI is InChI=1S/C22H25ClN4O2/c1-14-19-18(29-21(14)22(28)24-10-11-26(2)3)9-8-16-13-27(25-20(16)19)12-15-6-4-5-7-17(15)23/h4-7,13H,8-12H2,1-3H3,(H,24,28). The van der Waals surface area contributed by atoms with Crippen LogP contribution in [0.1, 0.15) is 33.0 Å². The van der Waals surface area contributed by atoms with E-state index >= 15 is 0 Å². The summed E-state index contributed by atoms with van der Waals surface area (Å²) in [5.74, 6) is 1.06. The van der Waals surface area contributed by atoms with Gasteiger partial charge in [-0.1, -0.05) is 29.8 Å². The average Bonchev–Trinajstić information content (AvgIpc) is 3.23. The molecule has 2 heterocycles. The summed E-state index contributed by atoms with van der Waals surface area (Å²) in [6, 6.07) is 7.80. The van der Waals surface area contributed by atoms with Gasteiger partial charge in [-0.3, -0.25) is 9.48 Å². The van der Waals surface area contributed by atoms with Gasteiger partial charge < -0.3 is 14.6 Å². The van der Waals surface area contributed by atoms with Crippen molar-refractivity contribution in [2.75, 3.05) is 27.2 Å². The molecule has 1 aliphatic rings. The smallest absolute Gasteiger partial charge is 0.287 e. The largest absolute Gasteiger partial charge is 0.455 e. The van der Waals surface area contributed by atoms with Crippen LogP contribution in [0.5, 0.6) is 0 Å². The van der Waals surface area contributed by atoms with Gasteiger partial charge in [0.1, 0.15) is 5.76 Å². The lowest BCUT2D eigenvalue weighted by atomic mass is 9.93. The van der Waals surface area contributed by atoms with E-state index in [4.69, 9.17) is 21.1 Å². The van der Waals surface area contributed by atoms with Gasteiger partial charge in [0.05, 0.1) is 12.2 Å². The van der Waals surface area contributed by atoms with Crippen LogP contribution in [0.2, 0.25) is 5.02 Å². The van der Waals surface area contributed by atoms with Crippen molar-refractivity contribution < 1.29 is 9.21 Å². The van der Waals surface area contributed by atoms with Gasteiger partial charge in [-0.15, -0.1) is 0 Å². The number of aromatic nitrogens is 2. The Morgan fingerprint density at radius 3 is 2.86 bits per heavy atom. The summed E-state index contributed by atoms with van der Waals surface area (Å²) >= 11 is 6.30. The van der Waals surface area contributed by atoms with Crippen molar-refractivity contribution in [1.29, 1.82) is 0 Å². The molecule has 0 spiro atoms. The molecule has 0 saturated heterocycles. The minimum atomic E-state index is -0.171. The normalized spacial score (nSPS) is 12.7. The molecule has 152 valence electrons. The van der Waals surface area contributed by atoms with Crippen molar-refractivity contribution in [3.05, 3.63) is 63.7 Å². The van der Waals surface area contributed by atoms with E-state index in [-0.39, 0.29) is 5.91 Å². The Hall–Kier alpha value is -2.57. The Morgan fingerprint density at radius 1 is 1.31 bits per heavy atom. The number of nitrogens with one attached hydrogen (secondary N) is 1. The second-order valence-corrected chi connectivity index (χ2v) is 8.11. The molecule has 3 aromatic rings. The van der Waals surface area contributed by atoms with Gasteiger partial charge in [-0.25, -0.2) is 0 Å². The second kappa shape index (κ2) is 8.05. The van der Waals surface area contributed by atoms with Crippen LogP contribution < -0.4 is 5.32 Å². The molecule has 0 unspecified atom stereocenters. The monoisotopic (exact) mass is 412 g/mol. The van der Waals surface area contributed by atoms with Gasteiger partial charge >= 0.3 is 0 Å². The lowest BCUT2D eigenvalue weighted by molar-refractivity contribution is 0.0920. The quantitative estimate of drug-likeness (QED) is 0.672.